The molecule has 124 valence electrons. The van der Waals surface area contributed by atoms with Gasteiger partial charge in [-0.15, -0.1) is 5.10 Å². The van der Waals surface area contributed by atoms with Crippen molar-refractivity contribution in [2.24, 2.45) is 0 Å². The van der Waals surface area contributed by atoms with Crippen molar-refractivity contribution in [1.82, 2.24) is 20.2 Å². The molecule has 1 atom stereocenters. The maximum atomic E-state index is 13.2. The van der Waals surface area contributed by atoms with Crippen LogP contribution in [0, 0.1) is 18.6 Å². The molecule has 3 aromatic rings. The fourth-order valence-corrected chi connectivity index (χ4v) is 3.02. The Morgan fingerprint density at radius 2 is 2.00 bits per heavy atom. The average molecular weight is 348 g/mol. The van der Waals surface area contributed by atoms with E-state index in [1.165, 1.54) is 17.8 Å². The number of rotatable bonds is 5. The summed E-state index contributed by atoms with van der Waals surface area (Å²) in [6.07, 6.45) is -0.965. The Labute approximate surface area is 141 Å². The fourth-order valence-electron chi connectivity index (χ4n) is 2.16. The molecule has 3 rings (SSSR count). The minimum absolute atomic E-state index is 0.206. The van der Waals surface area contributed by atoms with Crippen molar-refractivity contribution < 1.29 is 13.9 Å². The van der Waals surface area contributed by atoms with Gasteiger partial charge in [0.25, 0.3) is 0 Å². The quantitative estimate of drug-likeness (QED) is 0.718. The number of benzene rings is 2. The Kier molecular flexibility index (Phi) is 4.86. The summed E-state index contributed by atoms with van der Waals surface area (Å²) in [7, 11) is 0. The second kappa shape index (κ2) is 7.06. The number of thioether (sulfide) groups is 1. The van der Waals surface area contributed by atoms with Crippen LogP contribution in [-0.2, 0) is 0 Å². The predicted molar refractivity (Wildman–Crippen MR) is 85.9 cm³/mol. The van der Waals surface area contributed by atoms with Crippen molar-refractivity contribution in [3.63, 3.8) is 0 Å². The minimum atomic E-state index is -0.985. The number of aliphatic hydroxyl groups excluding tert-OH is 1. The standard InChI is InChI=1S/C16H14F2N4OS/c1-10-3-2-4-12(7-10)22-16(19-20-21-22)24-9-15(23)11-5-6-13(17)14(18)8-11/h2-8,15,23H,9H2,1H3. The molecule has 0 radical (unpaired) electrons. The van der Waals surface area contributed by atoms with Crippen molar-refractivity contribution in [2.75, 3.05) is 5.75 Å². The molecular formula is C16H14F2N4OS. The summed E-state index contributed by atoms with van der Waals surface area (Å²) >= 11 is 1.23. The smallest absolute Gasteiger partial charge is 0.214 e. The molecule has 2 aromatic carbocycles. The summed E-state index contributed by atoms with van der Waals surface area (Å²) in [6.45, 7) is 1.97. The van der Waals surface area contributed by atoms with Gasteiger partial charge in [-0.2, -0.15) is 4.68 Å². The first-order valence-corrected chi connectivity index (χ1v) is 8.14. The van der Waals surface area contributed by atoms with Crippen molar-refractivity contribution in [3.05, 3.63) is 65.2 Å². The second-order valence-corrected chi connectivity index (χ2v) is 6.20. The Hall–Kier alpha value is -2.32. The molecule has 0 fully saturated rings. The number of aliphatic hydroxyl groups is 1. The van der Waals surface area contributed by atoms with Crippen LogP contribution in [0.15, 0.2) is 47.6 Å². The second-order valence-electron chi connectivity index (χ2n) is 5.21. The highest BCUT2D eigenvalue weighted by Crippen LogP contribution is 2.25. The van der Waals surface area contributed by atoms with Crippen LogP contribution in [0.5, 0.6) is 0 Å². The molecular weight excluding hydrogens is 334 g/mol. The first kappa shape index (κ1) is 16.5. The van der Waals surface area contributed by atoms with E-state index < -0.39 is 17.7 Å². The predicted octanol–water partition coefficient (Wildman–Crippen LogP) is 3.07. The molecule has 0 amide bonds. The molecule has 0 bridgehead atoms. The topological polar surface area (TPSA) is 63.8 Å². The van der Waals surface area contributed by atoms with Crippen LogP contribution in [0.3, 0.4) is 0 Å². The average Bonchev–Trinajstić information content (AvgIpc) is 3.03. The van der Waals surface area contributed by atoms with Crippen molar-refractivity contribution in [3.8, 4) is 5.69 Å². The van der Waals surface area contributed by atoms with E-state index in [0.29, 0.717) is 10.7 Å². The summed E-state index contributed by atoms with van der Waals surface area (Å²) in [5.74, 6) is -1.72. The van der Waals surface area contributed by atoms with Gasteiger partial charge in [0.2, 0.25) is 5.16 Å². The van der Waals surface area contributed by atoms with Gasteiger partial charge >= 0.3 is 0 Å². The van der Waals surface area contributed by atoms with Gasteiger partial charge < -0.3 is 5.11 Å². The van der Waals surface area contributed by atoms with Crippen molar-refractivity contribution in [2.45, 2.75) is 18.2 Å². The van der Waals surface area contributed by atoms with Crippen molar-refractivity contribution >= 4 is 11.8 Å². The van der Waals surface area contributed by atoms with Crippen LogP contribution in [0.25, 0.3) is 5.69 Å². The van der Waals surface area contributed by atoms with E-state index in [2.05, 4.69) is 15.5 Å². The van der Waals surface area contributed by atoms with Crippen LogP contribution in [0.4, 0.5) is 8.78 Å². The Morgan fingerprint density at radius 1 is 1.17 bits per heavy atom. The van der Waals surface area contributed by atoms with Crippen LogP contribution in [0.2, 0.25) is 0 Å². The van der Waals surface area contributed by atoms with Crippen LogP contribution in [0.1, 0.15) is 17.2 Å². The lowest BCUT2D eigenvalue weighted by Crippen LogP contribution is -2.04. The zero-order chi connectivity index (χ0) is 17.1. The lowest BCUT2D eigenvalue weighted by Gasteiger charge is -2.11. The molecule has 1 aromatic heterocycles. The highest BCUT2D eigenvalue weighted by Gasteiger charge is 2.15. The summed E-state index contributed by atoms with van der Waals surface area (Å²) < 4.78 is 27.8. The van der Waals surface area contributed by atoms with E-state index in [-0.39, 0.29) is 5.75 Å². The minimum Gasteiger partial charge on any atom is -0.388 e. The monoisotopic (exact) mass is 348 g/mol. The first-order valence-electron chi connectivity index (χ1n) is 7.16. The largest absolute Gasteiger partial charge is 0.388 e. The lowest BCUT2D eigenvalue weighted by molar-refractivity contribution is 0.203. The van der Waals surface area contributed by atoms with Gasteiger partial charge in [0.1, 0.15) is 0 Å². The lowest BCUT2D eigenvalue weighted by atomic mass is 10.1. The maximum Gasteiger partial charge on any atom is 0.214 e. The maximum absolute atomic E-state index is 13.2. The molecule has 1 heterocycles. The molecule has 8 heteroatoms. The van der Waals surface area contributed by atoms with Crippen molar-refractivity contribution in [1.29, 1.82) is 0 Å². The molecule has 0 saturated heterocycles. The SMILES string of the molecule is Cc1cccc(-n2nnnc2SCC(O)c2ccc(F)c(F)c2)c1. The molecule has 1 N–H and O–H groups in total. The van der Waals surface area contributed by atoms with E-state index in [9.17, 15) is 13.9 Å². The molecule has 24 heavy (non-hydrogen) atoms. The Balaban J connectivity index is 1.73. The number of aryl methyl sites for hydroxylation is 1. The van der Waals surface area contributed by atoms with Gasteiger partial charge in [0, 0.05) is 5.75 Å². The molecule has 0 saturated carbocycles. The van der Waals surface area contributed by atoms with E-state index in [1.807, 2.05) is 31.2 Å². The number of nitrogens with zero attached hydrogens (tertiary/aromatic N) is 4. The number of halogens is 2. The van der Waals surface area contributed by atoms with Gasteiger partial charge in [-0.05, 0) is 52.7 Å². The zero-order valence-corrected chi connectivity index (χ0v) is 13.5. The number of tetrazole rings is 1. The van der Waals surface area contributed by atoms with Gasteiger partial charge in [0.05, 0.1) is 11.8 Å². The van der Waals surface area contributed by atoms with Gasteiger partial charge in [-0.3, -0.25) is 0 Å². The molecule has 0 spiro atoms. The number of hydrogen-bond donors (Lipinski definition) is 1. The summed E-state index contributed by atoms with van der Waals surface area (Å²) in [5, 5.41) is 22.2. The molecule has 1 unspecified atom stereocenters. The van der Waals surface area contributed by atoms with Gasteiger partial charge in [-0.25, -0.2) is 8.78 Å². The normalized spacial score (nSPS) is 12.3. The first-order chi connectivity index (χ1) is 11.5. The Morgan fingerprint density at radius 3 is 2.75 bits per heavy atom. The number of aromatic nitrogens is 4. The molecule has 0 aliphatic carbocycles. The third-order valence-electron chi connectivity index (χ3n) is 3.39. The summed E-state index contributed by atoms with van der Waals surface area (Å²) in [6, 6.07) is 11.0. The molecule has 5 nitrogen and oxygen atoms in total. The van der Waals surface area contributed by atoms with E-state index >= 15 is 0 Å². The molecule has 0 aliphatic rings. The third-order valence-corrected chi connectivity index (χ3v) is 4.38. The van der Waals surface area contributed by atoms with E-state index in [4.69, 9.17) is 0 Å². The Bertz CT molecular complexity index is 856. The van der Waals surface area contributed by atoms with Crippen LogP contribution in [-0.4, -0.2) is 31.1 Å². The van der Waals surface area contributed by atoms with Crippen LogP contribution >= 0.6 is 11.8 Å². The highest BCUT2D eigenvalue weighted by atomic mass is 32.2. The van der Waals surface area contributed by atoms with E-state index in [1.54, 1.807) is 4.68 Å². The zero-order valence-electron chi connectivity index (χ0n) is 12.7. The fraction of sp³-hybridized carbons (Fsp3) is 0.188. The van der Waals surface area contributed by atoms with Gasteiger partial charge in [-0.1, -0.05) is 30.0 Å². The highest BCUT2D eigenvalue weighted by molar-refractivity contribution is 7.99. The summed E-state index contributed by atoms with van der Waals surface area (Å²) in [4.78, 5) is 0. The van der Waals surface area contributed by atoms with Crippen LogP contribution < -0.4 is 0 Å². The molecule has 0 aliphatic heterocycles. The third kappa shape index (κ3) is 3.60. The number of hydrogen-bond acceptors (Lipinski definition) is 5. The van der Waals surface area contributed by atoms with E-state index in [0.717, 1.165) is 23.4 Å². The summed E-state index contributed by atoms with van der Waals surface area (Å²) in [5.41, 5.74) is 2.18. The van der Waals surface area contributed by atoms with Gasteiger partial charge in [0.15, 0.2) is 11.6 Å².